The molecule has 84 valence electrons. The number of rotatable bonds is 1. The third-order valence-electron chi connectivity index (χ3n) is 2.03. The summed E-state index contributed by atoms with van der Waals surface area (Å²) in [5.41, 5.74) is 4.98. The molecular formula is C9H7F3N4. The van der Waals surface area contributed by atoms with Gasteiger partial charge in [-0.3, -0.25) is 4.57 Å². The lowest BCUT2D eigenvalue weighted by Crippen LogP contribution is -2.06. The molecule has 7 heteroatoms. The largest absolute Gasteiger partial charge is 0.416 e. The van der Waals surface area contributed by atoms with Crippen LogP contribution in [0.15, 0.2) is 30.6 Å². The van der Waals surface area contributed by atoms with Gasteiger partial charge in [0.2, 0.25) is 5.95 Å². The van der Waals surface area contributed by atoms with E-state index in [-0.39, 0.29) is 11.6 Å². The van der Waals surface area contributed by atoms with Crippen molar-refractivity contribution in [1.29, 1.82) is 0 Å². The summed E-state index contributed by atoms with van der Waals surface area (Å²) in [5.74, 6) is 0.0410. The van der Waals surface area contributed by atoms with Crippen LogP contribution in [-0.2, 0) is 6.18 Å². The van der Waals surface area contributed by atoms with Gasteiger partial charge in [0, 0.05) is 0 Å². The average Bonchev–Trinajstić information content (AvgIpc) is 2.63. The molecule has 2 aromatic rings. The zero-order valence-electron chi connectivity index (χ0n) is 7.94. The summed E-state index contributed by atoms with van der Waals surface area (Å²) in [6.07, 6.45) is -3.12. The maximum Gasteiger partial charge on any atom is 0.416 e. The maximum absolute atomic E-state index is 12.4. The van der Waals surface area contributed by atoms with Crippen LogP contribution in [0.25, 0.3) is 5.69 Å². The lowest BCUT2D eigenvalue weighted by molar-refractivity contribution is -0.137. The van der Waals surface area contributed by atoms with Gasteiger partial charge in [0.1, 0.15) is 6.33 Å². The Morgan fingerprint density at radius 3 is 2.56 bits per heavy atom. The van der Waals surface area contributed by atoms with Crippen LogP contribution in [0.5, 0.6) is 0 Å². The third kappa shape index (κ3) is 1.83. The van der Waals surface area contributed by atoms with Crippen molar-refractivity contribution in [3.05, 3.63) is 36.2 Å². The molecule has 0 aliphatic heterocycles. The van der Waals surface area contributed by atoms with Crippen LogP contribution in [0, 0.1) is 0 Å². The van der Waals surface area contributed by atoms with Crippen LogP contribution < -0.4 is 5.73 Å². The second-order valence-corrected chi connectivity index (χ2v) is 3.11. The topological polar surface area (TPSA) is 56.7 Å². The molecule has 16 heavy (non-hydrogen) atoms. The minimum absolute atomic E-state index is 0.0410. The molecule has 0 fully saturated rings. The van der Waals surface area contributed by atoms with Crippen molar-refractivity contribution in [2.24, 2.45) is 0 Å². The first-order valence-corrected chi connectivity index (χ1v) is 4.31. The van der Waals surface area contributed by atoms with Gasteiger partial charge in [-0.25, -0.2) is 0 Å². The minimum Gasteiger partial charge on any atom is -0.368 e. The van der Waals surface area contributed by atoms with E-state index in [9.17, 15) is 13.2 Å². The second kappa shape index (κ2) is 3.51. The molecule has 0 bridgehead atoms. The summed E-state index contributed by atoms with van der Waals surface area (Å²) in [6.45, 7) is 0. The number of hydrogen-bond donors (Lipinski definition) is 1. The molecule has 2 N–H and O–H groups in total. The number of anilines is 1. The summed E-state index contributed by atoms with van der Waals surface area (Å²) < 4.78 is 38.6. The standard InChI is InChI=1S/C9H7F3N4/c10-9(11,12)6-2-1-3-7(4-6)16-5-14-15-8(16)13/h1-5H,(H2,13,15). The molecular weight excluding hydrogens is 221 g/mol. The van der Waals surface area contributed by atoms with Crippen LogP contribution in [0.3, 0.4) is 0 Å². The Bertz CT molecular complexity index is 503. The molecule has 1 heterocycles. The smallest absolute Gasteiger partial charge is 0.368 e. The molecule has 0 saturated heterocycles. The third-order valence-corrected chi connectivity index (χ3v) is 2.03. The molecule has 1 aromatic carbocycles. The normalized spacial score (nSPS) is 11.7. The van der Waals surface area contributed by atoms with Crippen molar-refractivity contribution in [3.63, 3.8) is 0 Å². The number of halogens is 3. The molecule has 0 amide bonds. The van der Waals surface area contributed by atoms with Crippen molar-refractivity contribution in [3.8, 4) is 5.69 Å². The highest BCUT2D eigenvalue weighted by Crippen LogP contribution is 2.30. The summed E-state index contributed by atoms with van der Waals surface area (Å²) in [7, 11) is 0. The Hall–Kier alpha value is -2.05. The number of benzene rings is 1. The van der Waals surface area contributed by atoms with Gasteiger partial charge in [0.25, 0.3) is 0 Å². The fourth-order valence-electron chi connectivity index (χ4n) is 1.27. The fourth-order valence-corrected chi connectivity index (χ4v) is 1.27. The first-order valence-electron chi connectivity index (χ1n) is 4.31. The molecule has 0 atom stereocenters. The van der Waals surface area contributed by atoms with E-state index in [4.69, 9.17) is 5.73 Å². The molecule has 0 radical (unpaired) electrons. The molecule has 4 nitrogen and oxygen atoms in total. The Balaban J connectivity index is 2.49. The van der Waals surface area contributed by atoms with E-state index in [1.165, 1.54) is 23.0 Å². The van der Waals surface area contributed by atoms with Crippen molar-refractivity contribution in [1.82, 2.24) is 14.8 Å². The average molecular weight is 228 g/mol. The first-order chi connectivity index (χ1) is 7.48. The van der Waals surface area contributed by atoms with Gasteiger partial charge in [0.15, 0.2) is 0 Å². The lowest BCUT2D eigenvalue weighted by atomic mass is 10.2. The number of nitrogens with two attached hydrogens (primary N) is 1. The van der Waals surface area contributed by atoms with Crippen LogP contribution in [0.1, 0.15) is 5.56 Å². The number of alkyl halides is 3. The molecule has 0 aliphatic rings. The van der Waals surface area contributed by atoms with Crippen LogP contribution in [-0.4, -0.2) is 14.8 Å². The summed E-state index contributed by atoms with van der Waals surface area (Å²) >= 11 is 0. The molecule has 1 aromatic heterocycles. The highest BCUT2D eigenvalue weighted by molar-refractivity contribution is 5.41. The van der Waals surface area contributed by atoms with Crippen LogP contribution in [0.4, 0.5) is 19.1 Å². The van der Waals surface area contributed by atoms with Crippen LogP contribution in [0.2, 0.25) is 0 Å². The van der Waals surface area contributed by atoms with Gasteiger partial charge in [-0.1, -0.05) is 6.07 Å². The van der Waals surface area contributed by atoms with Gasteiger partial charge in [0.05, 0.1) is 11.3 Å². The summed E-state index contributed by atoms with van der Waals surface area (Å²) in [5, 5.41) is 6.99. The molecule has 0 spiro atoms. The van der Waals surface area contributed by atoms with Crippen molar-refractivity contribution < 1.29 is 13.2 Å². The number of aromatic nitrogens is 3. The first kappa shape index (κ1) is 10.5. The number of nitrogen functional groups attached to an aromatic ring is 1. The maximum atomic E-state index is 12.4. The van der Waals surface area contributed by atoms with E-state index in [2.05, 4.69) is 10.2 Å². The zero-order valence-corrected chi connectivity index (χ0v) is 7.94. The Labute approximate surface area is 88.5 Å². The molecule has 0 saturated carbocycles. The summed E-state index contributed by atoms with van der Waals surface area (Å²) in [6, 6.07) is 4.77. The van der Waals surface area contributed by atoms with Crippen LogP contribution >= 0.6 is 0 Å². The fraction of sp³-hybridized carbons (Fsp3) is 0.111. The number of hydrogen-bond acceptors (Lipinski definition) is 3. The van der Waals surface area contributed by atoms with E-state index in [0.29, 0.717) is 0 Å². The van der Waals surface area contributed by atoms with Gasteiger partial charge in [-0.05, 0) is 18.2 Å². The number of nitrogens with zero attached hydrogens (tertiary/aromatic N) is 3. The van der Waals surface area contributed by atoms with E-state index in [1.54, 1.807) is 0 Å². The Kier molecular flexibility index (Phi) is 2.30. The predicted octanol–water partition coefficient (Wildman–Crippen LogP) is 1.87. The van der Waals surface area contributed by atoms with Crippen molar-refractivity contribution in [2.75, 3.05) is 5.73 Å². The SMILES string of the molecule is Nc1nncn1-c1cccc(C(F)(F)F)c1. The minimum atomic E-state index is -4.38. The quantitative estimate of drug-likeness (QED) is 0.810. The van der Waals surface area contributed by atoms with E-state index >= 15 is 0 Å². The van der Waals surface area contributed by atoms with Gasteiger partial charge in [-0.15, -0.1) is 10.2 Å². The highest BCUT2D eigenvalue weighted by atomic mass is 19.4. The molecule has 0 aliphatic carbocycles. The van der Waals surface area contributed by atoms with E-state index in [1.807, 2.05) is 0 Å². The van der Waals surface area contributed by atoms with Crippen molar-refractivity contribution in [2.45, 2.75) is 6.18 Å². The highest BCUT2D eigenvalue weighted by Gasteiger charge is 2.30. The van der Waals surface area contributed by atoms with Gasteiger partial charge in [-0.2, -0.15) is 13.2 Å². The zero-order chi connectivity index (χ0) is 11.8. The van der Waals surface area contributed by atoms with E-state index < -0.39 is 11.7 Å². The predicted molar refractivity (Wildman–Crippen MR) is 50.8 cm³/mol. The molecule has 0 unspecified atom stereocenters. The second-order valence-electron chi connectivity index (χ2n) is 3.11. The van der Waals surface area contributed by atoms with E-state index in [0.717, 1.165) is 12.1 Å². The van der Waals surface area contributed by atoms with Gasteiger partial charge >= 0.3 is 6.18 Å². The monoisotopic (exact) mass is 228 g/mol. The molecule has 2 rings (SSSR count). The lowest BCUT2D eigenvalue weighted by Gasteiger charge is -2.09. The van der Waals surface area contributed by atoms with Crippen molar-refractivity contribution >= 4 is 5.95 Å². The Morgan fingerprint density at radius 1 is 1.25 bits per heavy atom. The van der Waals surface area contributed by atoms with Gasteiger partial charge < -0.3 is 5.73 Å². The Morgan fingerprint density at radius 2 is 2.00 bits per heavy atom. The summed E-state index contributed by atoms with van der Waals surface area (Å²) in [4.78, 5) is 0.